The second-order valence-electron chi connectivity index (χ2n) is 3.08. The molecule has 1 aromatic heterocycles. The molecule has 0 N–H and O–H groups in total. The molecule has 0 bridgehead atoms. The second-order valence-corrected chi connectivity index (χ2v) is 3.44. The van der Waals surface area contributed by atoms with Crippen molar-refractivity contribution in [2.75, 3.05) is 6.61 Å². The number of fused-ring (bicyclic) bond motifs is 1. The van der Waals surface area contributed by atoms with Gasteiger partial charge in [-0.2, -0.15) is 0 Å². The Kier molecular flexibility index (Phi) is 3.01. The van der Waals surface area contributed by atoms with Crippen LogP contribution in [0.3, 0.4) is 0 Å². The molecule has 0 spiro atoms. The Morgan fingerprint density at radius 3 is 3.00 bits per heavy atom. The van der Waals surface area contributed by atoms with Crippen molar-refractivity contribution in [2.24, 2.45) is 0 Å². The molecule has 5 heteroatoms. The summed E-state index contributed by atoms with van der Waals surface area (Å²) in [7, 11) is 0. The standard InChI is InChI=1S/C11H9ClN2O2/c1-2-16-11(15)7-4-3-5-8-9(7)10(12)14-6-13-8/h3-6H,2H2,1H3. The van der Waals surface area contributed by atoms with Crippen molar-refractivity contribution in [3.8, 4) is 0 Å². The second kappa shape index (κ2) is 4.45. The van der Waals surface area contributed by atoms with Crippen LogP contribution < -0.4 is 0 Å². The minimum atomic E-state index is -0.412. The molecule has 1 aromatic carbocycles. The van der Waals surface area contributed by atoms with E-state index in [9.17, 15) is 4.79 Å². The van der Waals surface area contributed by atoms with Crippen LogP contribution in [-0.4, -0.2) is 22.5 Å². The quantitative estimate of drug-likeness (QED) is 0.594. The molecule has 0 saturated heterocycles. The maximum absolute atomic E-state index is 11.7. The van der Waals surface area contributed by atoms with Gasteiger partial charge >= 0.3 is 5.97 Å². The Bertz CT molecular complexity index is 537. The zero-order valence-electron chi connectivity index (χ0n) is 8.61. The number of ether oxygens (including phenoxy) is 1. The van der Waals surface area contributed by atoms with Crippen molar-refractivity contribution in [1.29, 1.82) is 0 Å². The van der Waals surface area contributed by atoms with Crippen LogP contribution in [0.15, 0.2) is 24.5 Å². The van der Waals surface area contributed by atoms with E-state index in [1.807, 2.05) is 0 Å². The van der Waals surface area contributed by atoms with E-state index in [0.717, 1.165) is 0 Å². The molecule has 1 heterocycles. The summed E-state index contributed by atoms with van der Waals surface area (Å²) in [5.74, 6) is -0.412. The van der Waals surface area contributed by atoms with Crippen LogP contribution in [0.5, 0.6) is 0 Å². The summed E-state index contributed by atoms with van der Waals surface area (Å²) in [5, 5.41) is 0.791. The summed E-state index contributed by atoms with van der Waals surface area (Å²) < 4.78 is 4.94. The molecule has 0 amide bonds. The fourth-order valence-electron chi connectivity index (χ4n) is 1.45. The molecular weight excluding hydrogens is 228 g/mol. The van der Waals surface area contributed by atoms with Crippen molar-refractivity contribution in [2.45, 2.75) is 6.92 Å². The number of rotatable bonds is 2. The van der Waals surface area contributed by atoms with E-state index in [1.165, 1.54) is 6.33 Å². The van der Waals surface area contributed by atoms with E-state index in [2.05, 4.69) is 9.97 Å². The third kappa shape index (κ3) is 1.84. The number of hydrogen-bond acceptors (Lipinski definition) is 4. The first-order valence-electron chi connectivity index (χ1n) is 4.80. The van der Waals surface area contributed by atoms with Crippen LogP contribution in [0.25, 0.3) is 10.9 Å². The minimum Gasteiger partial charge on any atom is -0.462 e. The van der Waals surface area contributed by atoms with Gasteiger partial charge in [-0.05, 0) is 19.1 Å². The first-order valence-corrected chi connectivity index (χ1v) is 5.18. The summed E-state index contributed by atoms with van der Waals surface area (Å²) in [6, 6.07) is 5.15. The lowest BCUT2D eigenvalue weighted by Gasteiger charge is -2.05. The van der Waals surface area contributed by atoms with Crippen molar-refractivity contribution in [3.05, 3.63) is 35.2 Å². The predicted molar refractivity (Wildman–Crippen MR) is 60.5 cm³/mol. The van der Waals surface area contributed by atoms with Gasteiger partial charge in [0.2, 0.25) is 0 Å². The lowest BCUT2D eigenvalue weighted by molar-refractivity contribution is 0.0528. The summed E-state index contributed by atoms with van der Waals surface area (Å²) in [5.41, 5.74) is 1.02. The Hall–Kier alpha value is -1.68. The van der Waals surface area contributed by atoms with E-state index in [0.29, 0.717) is 23.1 Å². The van der Waals surface area contributed by atoms with Gasteiger partial charge in [-0.15, -0.1) is 0 Å². The van der Waals surface area contributed by atoms with Gasteiger partial charge in [0.15, 0.2) is 0 Å². The maximum atomic E-state index is 11.7. The highest BCUT2D eigenvalue weighted by Crippen LogP contribution is 2.23. The van der Waals surface area contributed by atoms with E-state index in [4.69, 9.17) is 16.3 Å². The van der Waals surface area contributed by atoms with Crippen molar-refractivity contribution in [1.82, 2.24) is 9.97 Å². The van der Waals surface area contributed by atoms with Crippen LogP contribution in [0.2, 0.25) is 5.15 Å². The molecule has 0 radical (unpaired) electrons. The number of halogens is 1. The molecule has 16 heavy (non-hydrogen) atoms. The van der Waals surface area contributed by atoms with E-state index in [-0.39, 0.29) is 5.15 Å². The van der Waals surface area contributed by atoms with Gasteiger partial charge in [-0.25, -0.2) is 14.8 Å². The summed E-state index contributed by atoms with van der Waals surface area (Å²) in [6.07, 6.45) is 1.36. The lowest BCUT2D eigenvalue weighted by Crippen LogP contribution is -2.06. The highest BCUT2D eigenvalue weighted by Gasteiger charge is 2.14. The summed E-state index contributed by atoms with van der Waals surface area (Å²) in [4.78, 5) is 19.6. The fourth-order valence-corrected chi connectivity index (χ4v) is 1.69. The van der Waals surface area contributed by atoms with Crippen LogP contribution in [0.4, 0.5) is 0 Å². The molecule has 4 nitrogen and oxygen atoms in total. The van der Waals surface area contributed by atoms with Crippen LogP contribution >= 0.6 is 11.6 Å². The Morgan fingerprint density at radius 1 is 1.44 bits per heavy atom. The van der Waals surface area contributed by atoms with Gasteiger partial charge in [0.25, 0.3) is 0 Å². The average molecular weight is 237 g/mol. The number of carbonyl (C=O) groups excluding carboxylic acids is 1. The number of benzene rings is 1. The third-order valence-electron chi connectivity index (χ3n) is 2.11. The van der Waals surface area contributed by atoms with Crippen LogP contribution in [0, 0.1) is 0 Å². The first kappa shape index (κ1) is 10.8. The van der Waals surface area contributed by atoms with E-state index < -0.39 is 5.97 Å². The Balaban J connectivity index is 2.65. The fraction of sp³-hybridized carbons (Fsp3) is 0.182. The molecule has 0 aliphatic carbocycles. The summed E-state index contributed by atoms with van der Waals surface area (Å²) >= 11 is 5.95. The van der Waals surface area contributed by atoms with Crippen LogP contribution in [0.1, 0.15) is 17.3 Å². The first-order chi connectivity index (χ1) is 7.74. The monoisotopic (exact) mass is 236 g/mol. The van der Waals surface area contributed by atoms with Gasteiger partial charge in [0.05, 0.1) is 23.1 Å². The lowest BCUT2D eigenvalue weighted by atomic mass is 10.1. The highest BCUT2D eigenvalue weighted by molar-refractivity contribution is 6.35. The van der Waals surface area contributed by atoms with E-state index >= 15 is 0 Å². The molecule has 0 atom stereocenters. The smallest absolute Gasteiger partial charge is 0.338 e. The third-order valence-corrected chi connectivity index (χ3v) is 2.40. The predicted octanol–water partition coefficient (Wildman–Crippen LogP) is 2.46. The topological polar surface area (TPSA) is 52.1 Å². The summed E-state index contributed by atoms with van der Waals surface area (Å²) in [6.45, 7) is 2.07. The molecule has 0 fully saturated rings. The Morgan fingerprint density at radius 2 is 2.25 bits per heavy atom. The number of esters is 1. The highest BCUT2D eigenvalue weighted by atomic mass is 35.5. The van der Waals surface area contributed by atoms with Crippen molar-refractivity contribution >= 4 is 28.5 Å². The van der Waals surface area contributed by atoms with Gasteiger partial charge in [0, 0.05) is 0 Å². The SMILES string of the molecule is CCOC(=O)c1cccc2ncnc(Cl)c12. The van der Waals surface area contributed by atoms with Crippen LogP contribution in [-0.2, 0) is 4.74 Å². The van der Waals surface area contributed by atoms with Crippen molar-refractivity contribution in [3.63, 3.8) is 0 Å². The number of hydrogen-bond donors (Lipinski definition) is 0. The number of aromatic nitrogens is 2. The molecule has 0 aliphatic heterocycles. The van der Waals surface area contributed by atoms with Gasteiger partial charge in [-0.1, -0.05) is 17.7 Å². The number of nitrogens with zero attached hydrogens (tertiary/aromatic N) is 2. The number of carbonyl (C=O) groups is 1. The zero-order chi connectivity index (χ0) is 11.5. The Labute approximate surface area is 97.2 Å². The normalized spacial score (nSPS) is 10.4. The van der Waals surface area contributed by atoms with E-state index in [1.54, 1.807) is 25.1 Å². The van der Waals surface area contributed by atoms with Gasteiger partial charge in [0.1, 0.15) is 11.5 Å². The molecular formula is C11H9ClN2O2. The molecule has 2 rings (SSSR count). The van der Waals surface area contributed by atoms with Crippen molar-refractivity contribution < 1.29 is 9.53 Å². The largest absolute Gasteiger partial charge is 0.462 e. The molecule has 0 aliphatic rings. The van der Waals surface area contributed by atoms with Gasteiger partial charge in [-0.3, -0.25) is 0 Å². The van der Waals surface area contributed by atoms with Gasteiger partial charge < -0.3 is 4.74 Å². The minimum absolute atomic E-state index is 0.258. The average Bonchev–Trinajstić information content (AvgIpc) is 2.29. The molecule has 82 valence electrons. The maximum Gasteiger partial charge on any atom is 0.338 e. The zero-order valence-corrected chi connectivity index (χ0v) is 9.36. The molecule has 0 saturated carbocycles. The molecule has 0 unspecified atom stereocenters. The molecule has 2 aromatic rings.